The summed E-state index contributed by atoms with van der Waals surface area (Å²) < 4.78 is 5.49. The minimum absolute atomic E-state index is 0.0935. The van der Waals surface area contributed by atoms with Crippen LogP contribution >= 0.6 is 0 Å². The number of aliphatic hydroxyl groups is 1. The van der Waals surface area contributed by atoms with Crippen molar-refractivity contribution in [2.75, 3.05) is 20.7 Å². The first-order chi connectivity index (χ1) is 13.3. The summed E-state index contributed by atoms with van der Waals surface area (Å²) in [4.78, 5) is 14.1. The molecule has 3 unspecified atom stereocenters. The fourth-order valence-corrected chi connectivity index (χ4v) is 5.36. The molecule has 1 amide bonds. The molecule has 0 aromatic heterocycles. The maximum absolute atomic E-state index is 12.4. The molecule has 0 radical (unpaired) electrons. The minimum atomic E-state index is -1.15. The second kappa shape index (κ2) is 6.61. The number of hydrogen-bond acceptors (Lipinski definition) is 4. The van der Waals surface area contributed by atoms with Crippen molar-refractivity contribution >= 4 is 5.91 Å². The largest absolute Gasteiger partial charge is 0.497 e. The van der Waals surface area contributed by atoms with Crippen LogP contribution in [0.2, 0.25) is 0 Å². The average Bonchev–Trinajstić information content (AvgIpc) is 2.75. The van der Waals surface area contributed by atoms with Gasteiger partial charge in [-0.15, -0.1) is 0 Å². The SMILES string of the molecule is COc1ccc2c(c1)C1(C)CCCN(C)C(C2)C1(O)c1cccc(C(N)=O)c1. The summed E-state index contributed by atoms with van der Waals surface area (Å²) in [6.45, 7) is 3.07. The smallest absolute Gasteiger partial charge is 0.248 e. The zero-order chi connectivity index (χ0) is 20.1. The molecule has 3 atom stereocenters. The molecule has 5 heteroatoms. The van der Waals surface area contributed by atoms with Crippen molar-refractivity contribution in [3.8, 4) is 5.75 Å². The Morgan fingerprint density at radius 3 is 2.79 bits per heavy atom. The van der Waals surface area contributed by atoms with Gasteiger partial charge in [-0.3, -0.25) is 9.69 Å². The van der Waals surface area contributed by atoms with Crippen LogP contribution in [0, 0.1) is 0 Å². The van der Waals surface area contributed by atoms with E-state index >= 15 is 0 Å². The number of rotatable bonds is 3. The molecule has 1 heterocycles. The van der Waals surface area contributed by atoms with E-state index < -0.39 is 16.9 Å². The third kappa shape index (κ3) is 2.57. The first kappa shape index (κ1) is 19.0. The molecule has 2 bridgehead atoms. The van der Waals surface area contributed by atoms with Crippen molar-refractivity contribution in [2.24, 2.45) is 5.73 Å². The topological polar surface area (TPSA) is 75.8 Å². The number of likely N-dealkylation sites (N-methyl/N-ethyl adjacent to an activating group) is 1. The van der Waals surface area contributed by atoms with Gasteiger partial charge >= 0.3 is 0 Å². The van der Waals surface area contributed by atoms with E-state index in [4.69, 9.17) is 10.5 Å². The molecular weight excluding hydrogens is 352 g/mol. The fraction of sp³-hybridized carbons (Fsp3) is 0.435. The van der Waals surface area contributed by atoms with E-state index in [0.717, 1.165) is 42.7 Å². The lowest BCUT2D eigenvalue weighted by Crippen LogP contribution is -2.62. The number of amides is 1. The summed E-state index contributed by atoms with van der Waals surface area (Å²) in [7, 11) is 3.74. The van der Waals surface area contributed by atoms with Crippen LogP contribution in [0.4, 0.5) is 0 Å². The Hall–Kier alpha value is -2.37. The van der Waals surface area contributed by atoms with Gasteiger partial charge in [-0.1, -0.05) is 25.1 Å². The van der Waals surface area contributed by atoms with Crippen molar-refractivity contribution in [3.05, 3.63) is 64.7 Å². The number of hydrogen-bond donors (Lipinski definition) is 2. The fourth-order valence-electron chi connectivity index (χ4n) is 5.36. The van der Waals surface area contributed by atoms with Gasteiger partial charge in [0.2, 0.25) is 5.91 Å². The molecule has 1 fully saturated rings. The monoisotopic (exact) mass is 380 g/mol. The second-order valence-electron chi connectivity index (χ2n) is 8.37. The number of carbonyl (C=O) groups excluding carboxylic acids is 1. The van der Waals surface area contributed by atoms with E-state index in [0.29, 0.717) is 5.56 Å². The lowest BCUT2D eigenvalue weighted by molar-refractivity contribution is -0.101. The molecule has 2 aromatic rings. The van der Waals surface area contributed by atoms with Crippen LogP contribution in [0.15, 0.2) is 42.5 Å². The van der Waals surface area contributed by atoms with Crippen LogP contribution in [-0.4, -0.2) is 42.7 Å². The Bertz CT molecular complexity index is 928. The molecule has 148 valence electrons. The Labute approximate surface area is 166 Å². The first-order valence-electron chi connectivity index (χ1n) is 9.81. The molecule has 1 saturated heterocycles. The number of methoxy groups -OCH3 is 1. The number of likely N-dealkylation sites (tertiary alicyclic amines) is 1. The van der Waals surface area contributed by atoms with Gasteiger partial charge in [0, 0.05) is 17.0 Å². The van der Waals surface area contributed by atoms with Crippen LogP contribution in [0.25, 0.3) is 0 Å². The van der Waals surface area contributed by atoms with E-state index in [1.54, 1.807) is 19.2 Å². The number of nitrogens with two attached hydrogens (primary N) is 1. The van der Waals surface area contributed by atoms with Crippen LogP contribution in [0.3, 0.4) is 0 Å². The quantitative estimate of drug-likeness (QED) is 0.858. The molecule has 3 N–H and O–H groups in total. The van der Waals surface area contributed by atoms with E-state index in [1.165, 1.54) is 5.56 Å². The highest BCUT2D eigenvalue weighted by atomic mass is 16.5. The lowest BCUT2D eigenvalue weighted by atomic mass is 9.55. The third-order valence-electron chi connectivity index (χ3n) is 6.96. The highest BCUT2D eigenvalue weighted by molar-refractivity contribution is 5.93. The van der Waals surface area contributed by atoms with Gasteiger partial charge in [-0.25, -0.2) is 0 Å². The second-order valence-corrected chi connectivity index (χ2v) is 8.37. The molecule has 0 saturated carbocycles. The molecule has 1 aliphatic carbocycles. The predicted molar refractivity (Wildman–Crippen MR) is 109 cm³/mol. The van der Waals surface area contributed by atoms with Crippen molar-refractivity contribution in [1.29, 1.82) is 0 Å². The summed E-state index contributed by atoms with van der Waals surface area (Å²) in [5, 5.41) is 12.4. The molecule has 2 aliphatic rings. The van der Waals surface area contributed by atoms with Gasteiger partial charge < -0.3 is 15.6 Å². The lowest BCUT2D eigenvalue weighted by Gasteiger charge is -2.54. The van der Waals surface area contributed by atoms with E-state index in [9.17, 15) is 9.90 Å². The Kier molecular flexibility index (Phi) is 4.47. The maximum Gasteiger partial charge on any atom is 0.248 e. The van der Waals surface area contributed by atoms with Crippen LogP contribution in [0.5, 0.6) is 5.75 Å². The Morgan fingerprint density at radius 2 is 2.07 bits per heavy atom. The summed E-state index contributed by atoms with van der Waals surface area (Å²) >= 11 is 0. The third-order valence-corrected chi connectivity index (χ3v) is 6.96. The molecule has 1 aliphatic heterocycles. The van der Waals surface area contributed by atoms with Gasteiger partial charge in [0.25, 0.3) is 0 Å². The number of ether oxygens (including phenoxy) is 1. The highest BCUT2D eigenvalue weighted by Crippen LogP contribution is 2.55. The molecule has 28 heavy (non-hydrogen) atoms. The normalized spacial score (nSPS) is 29.6. The Balaban J connectivity index is 1.99. The van der Waals surface area contributed by atoms with E-state index in [2.05, 4.69) is 31.0 Å². The number of fused-ring (bicyclic) bond motifs is 4. The minimum Gasteiger partial charge on any atom is -0.497 e. The van der Waals surface area contributed by atoms with Crippen molar-refractivity contribution < 1.29 is 14.6 Å². The molecule has 0 spiro atoms. The molecule has 2 aromatic carbocycles. The van der Waals surface area contributed by atoms with E-state index in [-0.39, 0.29) is 6.04 Å². The van der Waals surface area contributed by atoms with Gasteiger partial charge in [-0.2, -0.15) is 0 Å². The van der Waals surface area contributed by atoms with Gasteiger partial charge in [0.15, 0.2) is 0 Å². The van der Waals surface area contributed by atoms with Crippen LogP contribution in [0.1, 0.15) is 46.8 Å². The van der Waals surface area contributed by atoms with Gasteiger partial charge in [0.05, 0.1) is 7.11 Å². The summed E-state index contributed by atoms with van der Waals surface area (Å²) in [6, 6.07) is 13.3. The summed E-state index contributed by atoms with van der Waals surface area (Å²) in [6.07, 6.45) is 2.56. The van der Waals surface area contributed by atoms with Crippen molar-refractivity contribution in [1.82, 2.24) is 4.90 Å². The summed E-state index contributed by atoms with van der Waals surface area (Å²) in [5.41, 5.74) is 7.41. The highest BCUT2D eigenvalue weighted by Gasteiger charge is 2.59. The zero-order valence-corrected chi connectivity index (χ0v) is 16.7. The number of nitrogens with zero attached hydrogens (tertiary/aromatic N) is 1. The van der Waals surface area contributed by atoms with Crippen LogP contribution in [-0.2, 0) is 17.4 Å². The average molecular weight is 380 g/mol. The van der Waals surface area contributed by atoms with Crippen molar-refractivity contribution in [2.45, 2.75) is 43.2 Å². The molecule has 5 nitrogen and oxygen atoms in total. The molecular formula is C23H28N2O3. The Morgan fingerprint density at radius 1 is 1.29 bits per heavy atom. The predicted octanol–water partition coefficient (Wildman–Crippen LogP) is 2.59. The standard InChI is InChI=1S/C23H28N2O3/c1-22-10-5-11-25(2)20(13-15-8-9-18(28-3)14-19(15)22)23(22,27)17-7-4-6-16(12-17)21(24)26/h4,6-9,12,14,20,27H,5,10-11,13H2,1-3H3,(H2,24,26). The van der Waals surface area contributed by atoms with Crippen molar-refractivity contribution in [3.63, 3.8) is 0 Å². The van der Waals surface area contributed by atoms with Gasteiger partial charge in [0.1, 0.15) is 11.4 Å². The number of benzene rings is 2. The number of carbonyl (C=O) groups is 1. The van der Waals surface area contributed by atoms with E-state index in [1.807, 2.05) is 18.2 Å². The molecule has 4 rings (SSSR count). The zero-order valence-electron chi connectivity index (χ0n) is 16.7. The number of primary amides is 1. The summed E-state index contributed by atoms with van der Waals surface area (Å²) in [5.74, 6) is 0.314. The van der Waals surface area contributed by atoms with Gasteiger partial charge in [-0.05, 0) is 73.8 Å². The first-order valence-corrected chi connectivity index (χ1v) is 9.81. The van der Waals surface area contributed by atoms with Crippen LogP contribution < -0.4 is 10.5 Å². The maximum atomic E-state index is 12.4.